The topological polar surface area (TPSA) is 60.6 Å². The summed E-state index contributed by atoms with van der Waals surface area (Å²) in [7, 11) is 0. The molecule has 3 rings (SSSR count). The number of piperidine rings is 1. The van der Waals surface area contributed by atoms with Crippen LogP contribution in [0.5, 0.6) is 0 Å². The Labute approximate surface area is 111 Å². The smallest absolute Gasteiger partial charge is 0.180 e. The Morgan fingerprint density at radius 1 is 1.44 bits per heavy atom. The van der Waals surface area contributed by atoms with Gasteiger partial charge in [0.1, 0.15) is 0 Å². The molecule has 18 heavy (non-hydrogen) atoms. The van der Waals surface area contributed by atoms with Gasteiger partial charge in [0.25, 0.3) is 0 Å². The van der Waals surface area contributed by atoms with E-state index >= 15 is 0 Å². The number of aromatic nitrogens is 1. The van der Waals surface area contributed by atoms with Gasteiger partial charge in [-0.05, 0) is 19.4 Å². The lowest BCUT2D eigenvalue weighted by atomic mass is 9.97. The van der Waals surface area contributed by atoms with Crippen molar-refractivity contribution in [2.45, 2.75) is 25.7 Å². The molecule has 3 heterocycles. The number of ether oxygens (including phenoxy) is 2. The van der Waals surface area contributed by atoms with Crippen molar-refractivity contribution in [1.29, 1.82) is 0 Å². The molecule has 100 valence electrons. The summed E-state index contributed by atoms with van der Waals surface area (Å²) < 4.78 is 11.2. The van der Waals surface area contributed by atoms with Crippen LogP contribution in [0.2, 0.25) is 0 Å². The van der Waals surface area contributed by atoms with Crippen molar-refractivity contribution in [2.24, 2.45) is 5.92 Å². The highest BCUT2D eigenvalue weighted by Gasteiger charge is 2.31. The van der Waals surface area contributed by atoms with E-state index in [9.17, 15) is 0 Å². The molecule has 2 aliphatic rings. The van der Waals surface area contributed by atoms with Gasteiger partial charge < -0.3 is 15.2 Å². The highest BCUT2D eigenvalue weighted by atomic mass is 32.1. The van der Waals surface area contributed by atoms with Crippen LogP contribution < -0.4 is 5.73 Å². The average molecular weight is 269 g/mol. The minimum absolute atomic E-state index is 0.0133. The van der Waals surface area contributed by atoms with Crippen LogP contribution in [0.1, 0.15) is 17.7 Å². The normalized spacial score (nSPS) is 26.8. The zero-order valence-electron chi connectivity index (χ0n) is 10.4. The Morgan fingerprint density at radius 2 is 2.28 bits per heavy atom. The van der Waals surface area contributed by atoms with Gasteiger partial charge in [-0.15, -0.1) is 11.3 Å². The monoisotopic (exact) mass is 269 g/mol. The van der Waals surface area contributed by atoms with Gasteiger partial charge in [0.15, 0.2) is 11.4 Å². The summed E-state index contributed by atoms with van der Waals surface area (Å²) in [4.78, 5) is 7.79. The average Bonchev–Trinajstić information content (AvgIpc) is 3.01. The molecule has 0 amide bonds. The van der Waals surface area contributed by atoms with E-state index < -0.39 is 0 Å². The van der Waals surface area contributed by atoms with Crippen molar-refractivity contribution in [3.63, 3.8) is 0 Å². The van der Waals surface area contributed by atoms with Crippen LogP contribution in [0.3, 0.4) is 0 Å². The molecule has 2 saturated heterocycles. The largest absolute Gasteiger partial charge is 0.375 e. The van der Waals surface area contributed by atoms with Crippen LogP contribution in [-0.2, 0) is 16.0 Å². The molecule has 2 fully saturated rings. The molecule has 0 aliphatic carbocycles. The van der Waals surface area contributed by atoms with E-state index in [0.717, 1.165) is 32.8 Å². The Bertz CT molecular complexity index is 392. The molecule has 2 aliphatic heterocycles. The zero-order chi connectivity index (χ0) is 12.4. The molecular formula is C12H19N3O2S. The lowest BCUT2D eigenvalue weighted by molar-refractivity contribution is -0.101. The SMILES string of the molecule is Nc1ncc(CN2CCCC(C3OCCO3)C2)s1. The number of likely N-dealkylation sites (tertiary alicyclic amines) is 1. The Balaban J connectivity index is 1.56. The minimum Gasteiger partial charge on any atom is -0.375 e. The molecule has 0 spiro atoms. The molecular weight excluding hydrogens is 250 g/mol. The molecule has 2 N–H and O–H groups in total. The summed E-state index contributed by atoms with van der Waals surface area (Å²) in [5, 5.41) is 0.654. The second-order valence-electron chi connectivity index (χ2n) is 4.91. The quantitative estimate of drug-likeness (QED) is 0.896. The zero-order valence-corrected chi connectivity index (χ0v) is 11.2. The van der Waals surface area contributed by atoms with Crippen molar-refractivity contribution in [1.82, 2.24) is 9.88 Å². The summed E-state index contributed by atoms with van der Waals surface area (Å²) in [5.74, 6) is 0.506. The van der Waals surface area contributed by atoms with Gasteiger partial charge in [-0.2, -0.15) is 0 Å². The molecule has 0 radical (unpaired) electrons. The first-order valence-corrected chi connectivity index (χ1v) is 7.28. The Morgan fingerprint density at radius 3 is 3.00 bits per heavy atom. The molecule has 0 aromatic carbocycles. The molecule has 5 nitrogen and oxygen atoms in total. The van der Waals surface area contributed by atoms with Crippen molar-refractivity contribution >= 4 is 16.5 Å². The third kappa shape index (κ3) is 2.83. The van der Waals surface area contributed by atoms with Gasteiger partial charge in [0, 0.05) is 30.1 Å². The number of thiazole rings is 1. The van der Waals surface area contributed by atoms with Crippen LogP contribution in [0.25, 0.3) is 0 Å². The number of nitrogens with two attached hydrogens (primary N) is 1. The lowest BCUT2D eigenvalue weighted by Crippen LogP contribution is -2.40. The van der Waals surface area contributed by atoms with Gasteiger partial charge in [-0.3, -0.25) is 4.90 Å². The molecule has 0 saturated carbocycles. The molecule has 1 unspecified atom stereocenters. The second kappa shape index (κ2) is 5.52. The maximum atomic E-state index is 5.66. The number of nitrogen functional groups attached to an aromatic ring is 1. The van der Waals surface area contributed by atoms with E-state index in [4.69, 9.17) is 15.2 Å². The Kier molecular flexibility index (Phi) is 3.79. The summed E-state index contributed by atoms with van der Waals surface area (Å²) in [6.45, 7) is 4.61. The van der Waals surface area contributed by atoms with Crippen molar-refractivity contribution < 1.29 is 9.47 Å². The van der Waals surface area contributed by atoms with Crippen molar-refractivity contribution in [3.05, 3.63) is 11.1 Å². The summed E-state index contributed by atoms with van der Waals surface area (Å²) >= 11 is 1.58. The third-order valence-electron chi connectivity index (χ3n) is 3.53. The molecule has 0 bridgehead atoms. The van der Waals surface area contributed by atoms with Crippen LogP contribution in [0.4, 0.5) is 5.13 Å². The predicted octanol–water partition coefficient (Wildman–Crippen LogP) is 1.31. The summed E-state index contributed by atoms with van der Waals surface area (Å²) in [6, 6.07) is 0. The molecule has 6 heteroatoms. The van der Waals surface area contributed by atoms with E-state index in [0.29, 0.717) is 11.0 Å². The van der Waals surface area contributed by atoms with Gasteiger partial charge in [0.2, 0.25) is 0 Å². The highest BCUT2D eigenvalue weighted by molar-refractivity contribution is 7.15. The predicted molar refractivity (Wildman–Crippen MR) is 70.2 cm³/mol. The molecule has 1 atom stereocenters. The first-order valence-electron chi connectivity index (χ1n) is 6.47. The minimum atomic E-state index is 0.0133. The van der Waals surface area contributed by atoms with Crippen LogP contribution in [0.15, 0.2) is 6.20 Å². The van der Waals surface area contributed by atoms with Crippen LogP contribution in [-0.4, -0.2) is 42.5 Å². The fraction of sp³-hybridized carbons (Fsp3) is 0.750. The molecule has 1 aromatic heterocycles. The highest BCUT2D eigenvalue weighted by Crippen LogP contribution is 2.26. The number of anilines is 1. The molecule has 1 aromatic rings. The number of rotatable bonds is 3. The summed E-state index contributed by atoms with van der Waals surface area (Å²) in [6.07, 6.45) is 4.31. The number of hydrogen-bond acceptors (Lipinski definition) is 6. The van der Waals surface area contributed by atoms with Crippen molar-refractivity contribution in [3.8, 4) is 0 Å². The van der Waals surface area contributed by atoms with E-state index in [2.05, 4.69) is 9.88 Å². The second-order valence-corrected chi connectivity index (χ2v) is 6.06. The maximum Gasteiger partial charge on any atom is 0.180 e. The van der Waals surface area contributed by atoms with Gasteiger partial charge in [0.05, 0.1) is 13.2 Å². The van der Waals surface area contributed by atoms with E-state index in [1.54, 1.807) is 11.3 Å². The van der Waals surface area contributed by atoms with Gasteiger partial charge >= 0.3 is 0 Å². The van der Waals surface area contributed by atoms with E-state index in [1.165, 1.54) is 17.7 Å². The Hall–Kier alpha value is -0.690. The van der Waals surface area contributed by atoms with E-state index in [1.807, 2.05) is 6.20 Å². The maximum absolute atomic E-state index is 5.66. The first-order chi connectivity index (χ1) is 8.81. The fourth-order valence-electron chi connectivity index (χ4n) is 2.72. The van der Waals surface area contributed by atoms with Crippen LogP contribution >= 0.6 is 11.3 Å². The van der Waals surface area contributed by atoms with Gasteiger partial charge in [-0.25, -0.2) is 4.98 Å². The van der Waals surface area contributed by atoms with Gasteiger partial charge in [-0.1, -0.05) is 0 Å². The number of nitrogens with zero attached hydrogens (tertiary/aromatic N) is 2. The van der Waals surface area contributed by atoms with Crippen LogP contribution in [0, 0.1) is 5.92 Å². The first kappa shape index (κ1) is 12.3. The lowest BCUT2D eigenvalue weighted by Gasteiger charge is -2.34. The fourth-order valence-corrected chi connectivity index (χ4v) is 3.45. The standard InChI is InChI=1S/C12H19N3O2S/c13-12-14-6-10(18-12)8-15-3-1-2-9(7-15)11-16-4-5-17-11/h6,9,11H,1-5,7-8H2,(H2,13,14). The third-order valence-corrected chi connectivity index (χ3v) is 4.34. The van der Waals surface area contributed by atoms with E-state index in [-0.39, 0.29) is 6.29 Å². The number of hydrogen-bond donors (Lipinski definition) is 1. The van der Waals surface area contributed by atoms with Crippen molar-refractivity contribution in [2.75, 3.05) is 32.0 Å². The summed E-state index contributed by atoms with van der Waals surface area (Å²) in [5.41, 5.74) is 5.66.